The second-order valence-electron chi connectivity index (χ2n) is 7.74. The molecule has 1 fully saturated rings. The van der Waals surface area contributed by atoms with E-state index in [0.717, 1.165) is 60.4 Å². The Labute approximate surface area is 182 Å². The molecule has 2 N–H and O–H groups in total. The summed E-state index contributed by atoms with van der Waals surface area (Å²) in [7, 11) is 1.69. The van der Waals surface area contributed by atoms with Gasteiger partial charge in [-0.05, 0) is 67.1 Å². The van der Waals surface area contributed by atoms with E-state index in [1.807, 2.05) is 29.3 Å². The van der Waals surface area contributed by atoms with Crippen LogP contribution < -0.4 is 20.4 Å². The van der Waals surface area contributed by atoms with Crippen LogP contribution in [0, 0.1) is 6.92 Å². The minimum Gasteiger partial charge on any atom is -0.497 e. The van der Waals surface area contributed by atoms with Gasteiger partial charge in [0.05, 0.1) is 26.0 Å². The van der Waals surface area contributed by atoms with E-state index in [2.05, 4.69) is 59.0 Å². The third kappa shape index (κ3) is 4.02. The molecule has 3 aliphatic heterocycles. The Bertz CT molecular complexity index is 1040. The average Bonchev–Trinajstić information content (AvgIpc) is 3.23. The molecular formula is C24H27N5O2. The molecule has 3 heterocycles. The van der Waals surface area contributed by atoms with Gasteiger partial charge in [0.15, 0.2) is 6.29 Å². The third-order valence-electron chi connectivity index (χ3n) is 5.74. The Balaban J connectivity index is 1.28. The summed E-state index contributed by atoms with van der Waals surface area (Å²) in [5, 5.41) is 5.50. The van der Waals surface area contributed by atoms with Crippen LogP contribution in [-0.2, 0) is 4.74 Å². The number of benzene rings is 2. The lowest BCUT2D eigenvalue weighted by molar-refractivity contribution is 0.122. The van der Waals surface area contributed by atoms with E-state index in [9.17, 15) is 0 Å². The summed E-state index contributed by atoms with van der Waals surface area (Å²) in [6.07, 6.45) is 5.91. The van der Waals surface area contributed by atoms with Crippen molar-refractivity contribution in [2.75, 3.05) is 43.6 Å². The number of aryl methyl sites for hydroxylation is 1. The number of amidine groups is 1. The van der Waals surface area contributed by atoms with Crippen LogP contribution in [0.1, 0.15) is 11.1 Å². The number of hydrogen-bond donors (Lipinski definition) is 2. The van der Waals surface area contributed by atoms with Gasteiger partial charge in [-0.2, -0.15) is 5.43 Å². The molecule has 0 aromatic heterocycles. The van der Waals surface area contributed by atoms with Crippen molar-refractivity contribution in [2.24, 2.45) is 4.99 Å². The molecule has 0 aliphatic carbocycles. The predicted octanol–water partition coefficient (Wildman–Crippen LogP) is 3.37. The average molecular weight is 418 g/mol. The Hall–Kier alpha value is -3.29. The molecule has 3 aliphatic rings. The number of aliphatic imine (C=N–C) groups is 1. The lowest BCUT2D eigenvalue weighted by Crippen LogP contribution is -2.42. The van der Waals surface area contributed by atoms with Crippen LogP contribution in [-0.4, -0.2) is 50.5 Å². The molecular weight excluding hydrogens is 390 g/mol. The molecule has 160 valence electrons. The van der Waals surface area contributed by atoms with Gasteiger partial charge in [-0.25, -0.2) is 4.99 Å². The lowest BCUT2D eigenvalue weighted by Gasteiger charge is -2.29. The fraction of sp³-hybridized carbons (Fsp3) is 0.292. The third-order valence-corrected chi connectivity index (χ3v) is 5.74. The molecule has 1 saturated heterocycles. The number of nitrogens with one attached hydrogen (secondary N) is 2. The number of morpholine rings is 1. The van der Waals surface area contributed by atoms with E-state index in [1.165, 1.54) is 5.69 Å². The molecule has 1 unspecified atom stereocenters. The Kier molecular flexibility index (Phi) is 5.36. The van der Waals surface area contributed by atoms with Crippen molar-refractivity contribution in [1.82, 2.24) is 10.4 Å². The number of nitrogens with zero attached hydrogens (tertiary/aromatic N) is 3. The van der Waals surface area contributed by atoms with E-state index in [0.29, 0.717) is 0 Å². The molecule has 0 saturated carbocycles. The van der Waals surface area contributed by atoms with E-state index >= 15 is 0 Å². The first-order chi connectivity index (χ1) is 15.2. The highest BCUT2D eigenvalue weighted by Gasteiger charge is 2.28. The standard InChI is InChI=1S/C24H27N5O2/c1-17-16-20(30-2)10-11-21(17)22-4-3-5-23-26-24(27-29(22)23)25-18-6-8-19(9-7-18)28-12-14-31-15-13-28/h3-11,16,24-25,27H,12-15H2,1-2H3. The maximum Gasteiger partial charge on any atom is 0.193 e. The minimum absolute atomic E-state index is 0.242. The lowest BCUT2D eigenvalue weighted by atomic mass is 10.0. The molecule has 7 heteroatoms. The first-order valence-electron chi connectivity index (χ1n) is 10.6. The van der Waals surface area contributed by atoms with E-state index in [-0.39, 0.29) is 6.29 Å². The van der Waals surface area contributed by atoms with Crippen LogP contribution in [0.5, 0.6) is 5.75 Å². The first-order valence-corrected chi connectivity index (χ1v) is 10.6. The quantitative estimate of drug-likeness (QED) is 0.778. The minimum atomic E-state index is -0.242. The normalized spacial score (nSPS) is 20.3. The molecule has 0 spiro atoms. The highest BCUT2D eigenvalue weighted by atomic mass is 16.5. The van der Waals surface area contributed by atoms with Crippen molar-refractivity contribution in [2.45, 2.75) is 13.2 Å². The maximum absolute atomic E-state index is 5.44. The second kappa shape index (κ2) is 8.45. The van der Waals surface area contributed by atoms with E-state index in [4.69, 9.17) is 14.5 Å². The second-order valence-corrected chi connectivity index (χ2v) is 7.74. The number of hydrogen-bond acceptors (Lipinski definition) is 7. The van der Waals surface area contributed by atoms with Gasteiger partial charge < -0.3 is 19.7 Å². The largest absolute Gasteiger partial charge is 0.497 e. The van der Waals surface area contributed by atoms with Gasteiger partial charge in [0.25, 0.3) is 0 Å². The van der Waals surface area contributed by atoms with Crippen LogP contribution in [0.15, 0.2) is 65.7 Å². The zero-order chi connectivity index (χ0) is 21.2. The molecule has 7 nitrogen and oxygen atoms in total. The number of methoxy groups -OCH3 is 1. The van der Waals surface area contributed by atoms with Crippen molar-refractivity contribution < 1.29 is 9.47 Å². The predicted molar refractivity (Wildman–Crippen MR) is 124 cm³/mol. The summed E-state index contributed by atoms with van der Waals surface area (Å²) in [6.45, 7) is 5.54. The molecule has 0 radical (unpaired) electrons. The molecule has 5 rings (SSSR count). The van der Waals surface area contributed by atoms with Crippen LogP contribution in [0.4, 0.5) is 11.4 Å². The van der Waals surface area contributed by atoms with Crippen LogP contribution >= 0.6 is 0 Å². The maximum atomic E-state index is 5.44. The monoisotopic (exact) mass is 417 g/mol. The summed E-state index contributed by atoms with van der Waals surface area (Å²) in [4.78, 5) is 7.15. The van der Waals surface area contributed by atoms with Crippen molar-refractivity contribution in [3.05, 3.63) is 71.8 Å². The highest BCUT2D eigenvalue weighted by Crippen LogP contribution is 2.30. The van der Waals surface area contributed by atoms with Gasteiger partial charge in [-0.15, -0.1) is 0 Å². The zero-order valence-electron chi connectivity index (χ0n) is 17.8. The molecule has 0 bridgehead atoms. The number of hydrazine groups is 1. The molecule has 0 amide bonds. The van der Waals surface area contributed by atoms with Crippen molar-refractivity contribution in [1.29, 1.82) is 0 Å². The number of rotatable bonds is 5. The van der Waals surface area contributed by atoms with E-state index in [1.54, 1.807) is 7.11 Å². The fourth-order valence-corrected chi connectivity index (χ4v) is 4.09. The van der Waals surface area contributed by atoms with Crippen LogP contribution in [0.3, 0.4) is 0 Å². The van der Waals surface area contributed by atoms with Crippen molar-refractivity contribution >= 4 is 22.9 Å². The summed E-state index contributed by atoms with van der Waals surface area (Å²) < 4.78 is 10.8. The van der Waals surface area contributed by atoms with Crippen molar-refractivity contribution in [3.8, 4) is 5.75 Å². The van der Waals surface area contributed by atoms with Gasteiger partial charge in [0, 0.05) is 30.0 Å². The molecule has 1 atom stereocenters. The Morgan fingerprint density at radius 1 is 1.13 bits per heavy atom. The van der Waals surface area contributed by atoms with Crippen molar-refractivity contribution in [3.63, 3.8) is 0 Å². The summed E-state index contributed by atoms with van der Waals surface area (Å²) >= 11 is 0. The van der Waals surface area contributed by atoms with E-state index < -0.39 is 0 Å². The Morgan fingerprint density at radius 3 is 2.68 bits per heavy atom. The SMILES string of the molecule is COc1ccc(C2=CC=CC3=NC(Nc4ccc(N5CCOCC5)cc4)NN23)c(C)c1. The van der Waals surface area contributed by atoms with Gasteiger partial charge >= 0.3 is 0 Å². The van der Waals surface area contributed by atoms with Crippen LogP contribution in [0.25, 0.3) is 5.70 Å². The van der Waals surface area contributed by atoms with Gasteiger partial charge in [-0.1, -0.05) is 6.08 Å². The number of allylic oxidation sites excluding steroid dienone is 2. The zero-order valence-corrected chi connectivity index (χ0v) is 17.8. The highest BCUT2D eigenvalue weighted by molar-refractivity contribution is 6.02. The molecule has 31 heavy (non-hydrogen) atoms. The molecule has 2 aromatic carbocycles. The summed E-state index contributed by atoms with van der Waals surface area (Å²) in [6, 6.07) is 14.6. The number of ether oxygens (including phenoxy) is 2. The molecule has 2 aromatic rings. The van der Waals surface area contributed by atoms with Gasteiger partial charge in [0.2, 0.25) is 0 Å². The number of fused-ring (bicyclic) bond motifs is 1. The number of anilines is 2. The fourth-order valence-electron chi connectivity index (χ4n) is 4.09. The summed E-state index contributed by atoms with van der Waals surface area (Å²) in [5.74, 6) is 1.74. The first kappa shape index (κ1) is 19.7. The van der Waals surface area contributed by atoms with Gasteiger partial charge in [0.1, 0.15) is 11.6 Å². The summed E-state index contributed by atoms with van der Waals surface area (Å²) in [5.41, 5.74) is 9.06. The smallest absolute Gasteiger partial charge is 0.193 e. The Morgan fingerprint density at radius 2 is 1.94 bits per heavy atom. The van der Waals surface area contributed by atoms with Gasteiger partial charge in [-0.3, -0.25) is 5.01 Å². The van der Waals surface area contributed by atoms with Crippen LogP contribution in [0.2, 0.25) is 0 Å². The topological polar surface area (TPSA) is 61.4 Å².